The molecule has 178 valence electrons. The highest BCUT2D eigenvalue weighted by atomic mass is 79.9. The van der Waals surface area contributed by atoms with Crippen LogP contribution in [0.2, 0.25) is 0 Å². The number of thiocarbonyl (C=S) groups is 1. The van der Waals surface area contributed by atoms with Crippen LogP contribution in [0.5, 0.6) is 11.5 Å². The number of carbonyl (C=O) groups excluding carboxylic acids is 1. The van der Waals surface area contributed by atoms with Gasteiger partial charge in [-0.25, -0.2) is 0 Å². The number of non-ortho nitro benzene ring substituents is 1. The van der Waals surface area contributed by atoms with Crippen LogP contribution in [0, 0.1) is 10.1 Å². The van der Waals surface area contributed by atoms with E-state index < -0.39 is 4.92 Å². The van der Waals surface area contributed by atoms with Gasteiger partial charge < -0.3 is 9.47 Å². The molecular weight excluding hydrogens is 552 g/mol. The summed E-state index contributed by atoms with van der Waals surface area (Å²) in [5.74, 6) is 0.760. The molecule has 0 spiro atoms. The first-order chi connectivity index (χ1) is 16.9. The average Bonchev–Trinajstić information content (AvgIpc) is 3.12. The number of ether oxygens (including phenoxy) is 2. The van der Waals surface area contributed by atoms with Gasteiger partial charge in [0.15, 0.2) is 15.8 Å². The Bertz CT molecular complexity index is 1330. The summed E-state index contributed by atoms with van der Waals surface area (Å²) in [5.41, 5.74) is 2.11. The highest BCUT2D eigenvalue weighted by molar-refractivity contribution is 9.10. The third-order valence-corrected chi connectivity index (χ3v) is 6.83. The second kappa shape index (κ2) is 11.0. The lowest BCUT2D eigenvalue weighted by Gasteiger charge is -2.15. The van der Waals surface area contributed by atoms with Crippen molar-refractivity contribution in [2.75, 3.05) is 11.5 Å². The Kier molecular flexibility index (Phi) is 7.84. The Morgan fingerprint density at radius 2 is 1.89 bits per heavy atom. The van der Waals surface area contributed by atoms with E-state index in [-0.39, 0.29) is 18.2 Å². The van der Waals surface area contributed by atoms with Crippen molar-refractivity contribution in [1.29, 1.82) is 0 Å². The topological polar surface area (TPSA) is 81.9 Å². The second-order valence-corrected chi connectivity index (χ2v) is 9.86. The molecular formula is C25H19BrN2O5S2. The molecule has 0 unspecified atom stereocenters. The summed E-state index contributed by atoms with van der Waals surface area (Å²) in [6, 6.07) is 19.1. The summed E-state index contributed by atoms with van der Waals surface area (Å²) in [4.78, 5) is 25.7. The Labute approximate surface area is 220 Å². The van der Waals surface area contributed by atoms with Crippen molar-refractivity contribution < 1.29 is 19.2 Å². The third kappa shape index (κ3) is 5.72. The van der Waals surface area contributed by atoms with Gasteiger partial charge in [0, 0.05) is 12.1 Å². The number of nitro groups is 1. The van der Waals surface area contributed by atoms with Crippen LogP contribution >= 0.6 is 39.9 Å². The van der Waals surface area contributed by atoms with Crippen molar-refractivity contribution in [3.8, 4) is 11.5 Å². The molecule has 3 aromatic carbocycles. The smallest absolute Gasteiger partial charge is 0.270 e. The number of nitro benzene ring substituents is 1. The van der Waals surface area contributed by atoms with Crippen LogP contribution in [0.25, 0.3) is 6.08 Å². The summed E-state index contributed by atoms with van der Waals surface area (Å²) in [7, 11) is 0. The molecule has 0 aromatic heterocycles. The van der Waals surface area contributed by atoms with E-state index in [9.17, 15) is 14.9 Å². The highest BCUT2D eigenvalue weighted by Crippen LogP contribution is 2.40. The fourth-order valence-electron chi connectivity index (χ4n) is 3.41. The summed E-state index contributed by atoms with van der Waals surface area (Å²) in [5, 5.41) is 11.0. The molecule has 1 fully saturated rings. The zero-order valence-corrected chi connectivity index (χ0v) is 21.7. The van der Waals surface area contributed by atoms with Crippen LogP contribution in [0.15, 0.2) is 76.1 Å². The van der Waals surface area contributed by atoms with Crippen molar-refractivity contribution >= 4 is 67.6 Å². The van der Waals surface area contributed by atoms with Gasteiger partial charge in [-0.2, -0.15) is 0 Å². The van der Waals surface area contributed by atoms with Gasteiger partial charge in [0.25, 0.3) is 11.6 Å². The minimum atomic E-state index is -0.444. The molecule has 3 aromatic rings. The number of thioether (sulfide) groups is 1. The molecule has 7 nitrogen and oxygen atoms in total. The number of halogens is 1. The maximum atomic E-state index is 13.1. The van der Waals surface area contributed by atoms with Gasteiger partial charge in [0.2, 0.25) is 0 Å². The van der Waals surface area contributed by atoms with Crippen molar-refractivity contribution in [2.24, 2.45) is 0 Å². The molecule has 4 rings (SSSR count). The van der Waals surface area contributed by atoms with Crippen LogP contribution < -0.4 is 14.4 Å². The first-order valence-electron chi connectivity index (χ1n) is 10.5. The summed E-state index contributed by atoms with van der Waals surface area (Å²) >= 11 is 10.2. The maximum Gasteiger partial charge on any atom is 0.270 e. The Hall–Kier alpha value is -3.21. The average molecular weight is 571 g/mol. The molecule has 1 saturated heterocycles. The SMILES string of the molecule is CCOc1cc(/C=C2/SC(=S)N(c3ccccc3)C2=O)cc(Br)c1OCc1cccc([N+](=O)[O-])c1. The molecule has 1 amide bonds. The van der Waals surface area contributed by atoms with Crippen LogP contribution in [-0.4, -0.2) is 21.8 Å². The standard InChI is InChI=1S/C25H19BrN2O5S2/c1-2-32-21-13-17(14-22-24(29)27(25(34)35-22)18-8-4-3-5-9-18)12-20(26)23(21)33-15-16-7-6-10-19(11-16)28(30)31/h3-14H,2,15H2,1H3/b22-14+. The minimum absolute atomic E-state index is 0.00152. The number of amides is 1. The van der Waals surface area contributed by atoms with Crippen molar-refractivity contribution in [3.05, 3.63) is 97.3 Å². The van der Waals surface area contributed by atoms with Crippen molar-refractivity contribution in [3.63, 3.8) is 0 Å². The Balaban J connectivity index is 1.59. The van der Waals surface area contributed by atoms with Crippen molar-refractivity contribution in [2.45, 2.75) is 13.5 Å². The summed E-state index contributed by atoms with van der Waals surface area (Å²) in [6.07, 6.45) is 1.76. The molecule has 1 heterocycles. The normalized spacial score (nSPS) is 14.5. The molecule has 0 bridgehead atoms. The van der Waals surface area contributed by atoms with Gasteiger partial charge in [-0.3, -0.25) is 19.8 Å². The number of rotatable bonds is 8. The Morgan fingerprint density at radius 3 is 2.60 bits per heavy atom. The lowest BCUT2D eigenvalue weighted by molar-refractivity contribution is -0.384. The van der Waals surface area contributed by atoms with E-state index in [2.05, 4.69) is 15.9 Å². The number of hydrogen-bond donors (Lipinski definition) is 0. The molecule has 35 heavy (non-hydrogen) atoms. The predicted molar refractivity (Wildman–Crippen MR) is 145 cm³/mol. The lowest BCUT2D eigenvalue weighted by Crippen LogP contribution is -2.27. The zero-order valence-electron chi connectivity index (χ0n) is 18.5. The van der Waals surface area contributed by atoms with Gasteiger partial charge in [0.1, 0.15) is 6.61 Å². The number of hydrogen-bond acceptors (Lipinski definition) is 7. The molecule has 0 aliphatic carbocycles. The molecule has 10 heteroatoms. The summed E-state index contributed by atoms with van der Waals surface area (Å²) < 4.78 is 12.8. The monoisotopic (exact) mass is 570 g/mol. The predicted octanol–water partition coefficient (Wildman–Crippen LogP) is 6.74. The van der Waals surface area contributed by atoms with E-state index >= 15 is 0 Å². The van der Waals surface area contributed by atoms with E-state index in [1.54, 1.807) is 24.3 Å². The molecule has 0 saturated carbocycles. The number of anilines is 1. The van der Waals surface area contributed by atoms with Crippen LogP contribution in [0.3, 0.4) is 0 Å². The Morgan fingerprint density at radius 1 is 1.11 bits per heavy atom. The zero-order chi connectivity index (χ0) is 24.9. The van der Waals surface area contributed by atoms with E-state index in [1.165, 1.54) is 28.8 Å². The molecule has 1 aliphatic rings. The minimum Gasteiger partial charge on any atom is -0.490 e. The second-order valence-electron chi connectivity index (χ2n) is 7.33. The quantitative estimate of drug-likeness (QED) is 0.128. The molecule has 1 aliphatic heterocycles. The van der Waals surface area contributed by atoms with Gasteiger partial charge in [-0.15, -0.1) is 0 Å². The van der Waals surface area contributed by atoms with Gasteiger partial charge in [0.05, 0.1) is 26.6 Å². The number of benzene rings is 3. The lowest BCUT2D eigenvalue weighted by atomic mass is 10.1. The largest absolute Gasteiger partial charge is 0.490 e. The molecule has 0 radical (unpaired) electrons. The first kappa shape index (κ1) is 24.9. The maximum absolute atomic E-state index is 13.1. The number of nitrogens with zero attached hydrogens (tertiary/aromatic N) is 2. The van der Waals surface area contributed by atoms with Gasteiger partial charge in [-0.05, 0) is 64.3 Å². The number of para-hydroxylation sites is 1. The third-order valence-electron chi connectivity index (χ3n) is 4.94. The van der Waals surface area contributed by atoms with E-state index in [0.717, 1.165) is 11.3 Å². The number of carbonyl (C=O) groups is 1. The van der Waals surface area contributed by atoms with Crippen LogP contribution in [0.1, 0.15) is 18.1 Å². The van der Waals surface area contributed by atoms with Gasteiger partial charge >= 0.3 is 0 Å². The fraction of sp³-hybridized carbons (Fsp3) is 0.120. The van der Waals surface area contributed by atoms with E-state index in [1.807, 2.05) is 43.3 Å². The molecule has 0 atom stereocenters. The fourth-order valence-corrected chi connectivity index (χ4v) is 5.28. The van der Waals surface area contributed by atoms with Crippen LogP contribution in [-0.2, 0) is 11.4 Å². The van der Waals surface area contributed by atoms with Gasteiger partial charge in [-0.1, -0.05) is 54.3 Å². The van der Waals surface area contributed by atoms with Crippen LogP contribution in [0.4, 0.5) is 11.4 Å². The van der Waals surface area contributed by atoms with Crippen molar-refractivity contribution in [1.82, 2.24) is 0 Å². The van der Waals surface area contributed by atoms with E-state index in [0.29, 0.717) is 37.4 Å². The summed E-state index contributed by atoms with van der Waals surface area (Å²) in [6.45, 7) is 2.38. The molecule has 0 N–H and O–H groups in total. The highest BCUT2D eigenvalue weighted by Gasteiger charge is 2.33. The van der Waals surface area contributed by atoms with E-state index in [4.69, 9.17) is 21.7 Å². The first-order valence-corrected chi connectivity index (χ1v) is 12.5.